The fourth-order valence-corrected chi connectivity index (χ4v) is 3.21. The second-order valence-electron chi connectivity index (χ2n) is 6.03. The minimum atomic E-state index is -0.251. The number of halogens is 1. The second-order valence-corrected chi connectivity index (χ2v) is 7.88. The number of anilines is 1. The molecule has 0 radical (unpaired) electrons. The normalized spacial score (nSPS) is 14.6. The lowest BCUT2D eigenvalue weighted by molar-refractivity contribution is -0.115. The molecule has 0 bridgehead atoms. The molecule has 3 rings (SSSR count). The molecule has 0 aromatic heterocycles. The molecule has 1 aliphatic rings. The molecule has 6 heteroatoms. The maximum atomic E-state index is 12.3. The van der Waals surface area contributed by atoms with E-state index >= 15 is 0 Å². The summed E-state index contributed by atoms with van der Waals surface area (Å²) >= 11 is 7.33. The third-order valence-electron chi connectivity index (χ3n) is 3.82. The van der Waals surface area contributed by atoms with Crippen molar-refractivity contribution >= 4 is 40.9 Å². The molecule has 4 nitrogen and oxygen atoms in total. The third-order valence-corrected chi connectivity index (χ3v) is 5.19. The van der Waals surface area contributed by atoms with Crippen molar-refractivity contribution in [1.82, 2.24) is 5.32 Å². The van der Waals surface area contributed by atoms with E-state index in [1.807, 2.05) is 19.1 Å². The van der Waals surface area contributed by atoms with Crippen LogP contribution in [0.2, 0.25) is 5.02 Å². The molecule has 1 saturated carbocycles. The molecule has 2 amide bonds. The van der Waals surface area contributed by atoms with Gasteiger partial charge in [0, 0.05) is 27.2 Å². The van der Waals surface area contributed by atoms with Crippen LogP contribution in [0, 0.1) is 0 Å². The standard InChI is InChI=1S/C19H19ClN2O2S/c1-12(25-17-10-4-14(20)5-11-17)18(23)21-15-6-2-13(3-7-15)19(24)22-16-8-9-16/h2-7,10-12,16H,8-9H2,1H3,(H,21,23)(H,22,24)/t12-/m1/s1. The number of hydrogen-bond acceptors (Lipinski definition) is 3. The molecule has 130 valence electrons. The van der Waals surface area contributed by atoms with Gasteiger partial charge in [-0.15, -0.1) is 11.8 Å². The van der Waals surface area contributed by atoms with Crippen LogP contribution in [0.5, 0.6) is 0 Å². The van der Waals surface area contributed by atoms with Gasteiger partial charge >= 0.3 is 0 Å². The average molecular weight is 375 g/mol. The summed E-state index contributed by atoms with van der Waals surface area (Å²) in [6.07, 6.45) is 2.12. The highest BCUT2D eigenvalue weighted by Gasteiger charge is 2.23. The van der Waals surface area contributed by atoms with Crippen LogP contribution in [-0.4, -0.2) is 23.1 Å². The van der Waals surface area contributed by atoms with Crippen molar-refractivity contribution in [3.05, 3.63) is 59.1 Å². The first-order valence-electron chi connectivity index (χ1n) is 8.15. The Morgan fingerprint density at radius 3 is 2.32 bits per heavy atom. The van der Waals surface area contributed by atoms with E-state index in [9.17, 15) is 9.59 Å². The number of thioether (sulfide) groups is 1. The van der Waals surface area contributed by atoms with Gasteiger partial charge < -0.3 is 10.6 Å². The smallest absolute Gasteiger partial charge is 0.251 e. The average Bonchev–Trinajstić information content (AvgIpc) is 3.41. The van der Waals surface area contributed by atoms with E-state index in [1.165, 1.54) is 11.8 Å². The van der Waals surface area contributed by atoms with E-state index in [4.69, 9.17) is 11.6 Å². The Hall–Kier alpha value is -1.98. The van der Waals surface area contributed by atoms with Crippen LogP contribution < -0.4 is 10.6 Å². The molecule has 1 atom stereocenters. The summed E-state index contributed by atoms with van der Waals surface area (Å²) in [5, 5.41) is 6.24. The lowest BCUT2D eigenvalue weighted by Crippen LogP contribution is -2.25. The van der Waals surface area contributed by atoms with Crippen LogP contribution in [0.15, 0.2) is 53.4 Å². The Bertz CT molecular complexity index is 758. The van der Waals surface area contributed by atoms with Crippen molar-refractivity contribution in [2.75, 3.05) is 5.32 Å². The van der Waals surface area contributed by atoms with E-state index in [0.717, 1.165) is 17.7 Å². The molecular weight excluding hydrogens is 356 g/mol. The van der Waals surface area contributed by atoms with Gasteiger partial charge in [-0.2, -0.15) is 0 Å². The van der Waals surface area contributed by atoms with Gasteiger partial charge in [0.15, 0.2) is 0 Å². The van der Waals surface area contributed by atoms with E-state index in [0.29, 0.717) is 22.3 Å². The van der Waals surface area contributed by atoms with Crippen LogP contribution in [0.4, 0.5) is 5.69 Å². The van der Waals surface area contributed by atoms with Gasteiger partial charge in [0.1, 0.15) is 0 Å². The van der Waals surface area contributed by atoms with Gasteiger partial charge in [-0.3, -0.25) is 9.59 Å². The lowest BCUT2D eigenvalue weighted by Gasteiger charge is -2.12. The maximum absolute atomic E-state index is 12.3. The highest BCUT2D eigenvalue weighted by molar-refractivity contribution is 8.00. The number of hydrogen-bond donors (Lipinski definition) is 2. The number of rotatable bonds is 6. The van der Waals surface area contributed by atoms with Crippen LogP contribution in [-0.2, 0) is 4.79 Å². The van der Waals surface area contributed by atoms with E-state index in [2.05, 4.69) is 10.6 Å². The summed E-state index contributed by atoms with van der Waals surface area (Å²) in [4.78, 5) is 25.3. The van der Waals surface area contributed by atoms with Gasteiger partial charge in [-0.05, 0) is 68.3 Å². The molecule has 0 saturated heterocycles. The van der Waals surface area contributed by atoms with Crippen molar-refractivity contribution in [3.8, 4) is 0 Å². The maximum Gasteiger partial charge on any atom is 0.251 e. The number of carbonyl (C=O) groups excluding carboxylic acids is 2. The molecule has 1 fully saturated rings. The Balaban J connectivity index is 1.54. The fraction of sp³-hybridized carbons (Fsp3) is 0.263. The van der Waals surface area contributed by atoms with Crippen molar-refractivity contribution in [1.29, 1.82) is 0 Å². The molecule has 2 aromatic rings. The molecule has 2 N–H and O–H groups in total. The summed E-state index contributed by atoms with van der Waals surface area (Å²) in [6, 6.07) is 14.7. The third kappa shape index (κ3) is 5.25. The zero-order chi connectivity index (χ0) is 17.8. The van der Waals surface area contributed by atoms with Crippen molar-refractivity contribution in [3.63, 3.8) is 0 Å². The second kappa shape index (κ2) is 7.93. The van der Waals surface area contributed by atoms with Crippen LogP contribution in [0.1, 0.15) is 30.1 Å². The van der Waals surface area contributed by atoms with Crippen LogP contribution >= 0.6 is 23.4 Å². The van der Waals surface area contributed by atoms with Gasteiger partial charge in [0.2, 0.25) is 5.91 Å². The van der Waals surface area contributed by atoms with Crippen molar-refractivity contribution in [2.45, 2.75) is 36.0 Å². The highest BCUT2D eigenvalue weighted by atomic mass is 35.5. The summed E-state index contributed by atoms with van der Waals surface area (Å²) in [7, 11) is 0. The van der Waals surface area contributed by atoms with Crippen molar-refractivity contribution < 1.29 is 9.59 Å². The minimum Gasteiger partial charge on any atom is -0.349 e. The van der Waals surface area contributed by atoms with Gasteiger partial charge in [0.25, 0.3) is 5.91 Å². The Labute approximate surface area is 156 Å². The molecule has 0 unspecified atom stereocenters. The largest absolute Gasteiger partial charge is 0.349 e. The van der Waals surface area contributed by atoms with Crippen molar-refractivity contribution in [2.24, 2.45) is 0 Å². The number of amides is 2. The molecule has 25 heavy (non-hydrogen) atoms. The first-order chi connectivity index (χ1) is 12.0. The summed E-state index contributed by atoms with van der Waals surface area (Å²) in [6.45, 7) is 1.85. The number of benzene rings is 2. The molecule has 0 aliphatic heterocycles. The van der Waals surface area contributed by atoms with E-state index in [-0.39, 0.29) is 17.1 Å². The first-order valence-corrected chi connectivity index (χ1v) is 9.41. The minimum absolute atomic E-state index is 0.0629. The number of carbonyl (C=O) groups is 2. The Morgan fingerprint density at radius 1 is 1.08 bits per heavy atom. The molecular formula is C19H19ClN2O2S. The molecule has 1 aliphatic carbocycles. The lowest BCUT2D eigenvalue weighted by atomic mass is 10.2. The van der Waals surface area contributed by atoms with Gasteiger partial charge in [-0.1, -0.05) is 11.6 Å². The number of nitrogens with one attached hydrogen (secondary N) is 2. The predicted octanol–water partition coefficient (Wildman–Crippen LogP) is 4.35. The van der Waals surface area contributed by atoms with Crippen LogP contribution in [0.25, 0.3) is 0 Å². The van der Waals surface area contributed by atoms with E-state index < -0.39 is 0 Å². The highest BCUT2D eigenvalue weighted by Crippen LogP contribution is 2.25. The van der Waals surface area contributed by atoms with E-state index in [1.54, 1.807) is 36.4 Å². The Kier molecular flexibility index (Phi) is 5.66. The Morgan fingerprint density at radius 2 is 1.72 bits per heavy atom. The first kappa shape index (κ1) is 17.8. The summed E-state index contributed by atoms with van der Waals surface area (Å²) < 4.78 is 0. The van der Waals surface area contributed by atoms with Gasteiger partial charge in [0.05, 0.1) is 5.25 Å². The monoisotopic (exact) mass is 374 g/mol. The topological polar surface area (TPSA) is 58.2 Å². The van der Waals surface area contributed by atoms with Gasteiger partial charge in [-0.25, -0.2) is 0 Å². The zero-order valence-electron chi connectivity index (χ0n) is 13.8. The molecule has 2 aromatic carbocycles. The summed E-state index contributed by atoms with van der Waals surface area (Å²) in [5.41, 5.74) is 1.28. The van der Waals surface area contributed by atoms with Crippen LogP contribution in [0.3, 0.4) is 0 Å². The predicted molar refractivity (Wildman–Crippen MR) is 102 cm³/mol. The molecule has 0 spiro atoms. The SMILES string of the molecule is C[C@@H](Sc1ccc(Cl)cc1)C(=O)Nc1ccc(C(=O)NC2CC2)cc1. The quantitative estimate of drug-likeness (QED) is 0.739. The molecule has 0 heterocycles. The zero-order valence-corrected chi connectivity index (χ0v) is 15.4. The summed E-state index contributed by atoms with van der Waals surface area (Å²) in [5.74, 6) is -0.151. The fourth-order valence-electron chi connectivity index (χ4n) is 2.22.